The lowest BCUT2D eigenvalue weighted by molar-refractivity contribution is -0.0747. The van der Waals surface area contributed by atoms with Crippen molar-refractivity contribution in [3.63, 3.8) is 0 Å². The van der Waals surface area contributed by atoms with E-state index in [0.717, 1.165) is 17.2 Å². The molecule has 6 rings (SSSR count). The number of nitriles is 1. The number of benzene rings is 3. The molecule has 6 nitrogen and oxygen atoms in total. The molecule has 7 heteroatoms. The number of hydrogen-bond acceptors (Lipinski definition) is 5. The highest BCUT2D eigenvalue weighted by Crippen LogP contribution is 2.44. The van der Waals surface area contributed by atoms with E-state index in [0.29, 0.717) is 26.1 Å². The van der Waals surface area contributed by atoms with Crippen LogP contribution in [0.25, 0.3) is 11.1 Å². The molecule has 37 heavy (non-hydrogen) atoms. The standard InChI is InChI=1S/C30H25FN2O4/c31-20-9-10-23(19(11-20)14-32)29(34)18-12-21-15-36-16-22(13-18)33(21)30(35)37-17-28-26-7-3-1-5-24(26)25-6-2-4-8-27(25)28/h1-11,18,21-22,28H,12-13,15-17H2. The maximum Gasteiger partial charge on any atom is 0.410 e. The number of piperidine rings is 1. The summed E-state index contributed by atoms with van der Waals surface area (Å²) in [5.74, 6) is -1.16. The van der Waals surface area contributed by atoms with Crippen molar-refractivity contribution in [2.45, 2.75) is 30.8 Å². The van der Waals surface area contributed by atoms with Crippen molar-refractivity contribution in [3.05, 3.63) is 94.8 Å². The molecule has 2 saturated heterocycles. The molecule has 2 atom stereocenters. The van der Waals surface area contributed by atoms with Gasteiger partial charge >= 0.3 is 6.09 Å². The summed E-state index contributed by atoms with van der Waals surface area (Å²) in [4.78, 5) is 28.4. The van der Waals surface area contributed by atoms with Gasteiger partial charge in [0.2, 0.25) is 0 Å². The van der Waals surface area contributed by atoms with Crippen molar-refractivity contribution in [2.24, 2.45) is 5.92 Å². The average molecular weight is 497 g/mol. The summed E-state index contributed by atoms with van der Waals surface area (Å²) in [5.41, 5.74) is 4.89. The van der Waals surface area contributed by atoms with Crippen molar-refractivity contribution in [1.82, 2.24) is 4.90 Å². The Balaban J connectivity index is 1.17. The number of carbonyl (C=O) groups excluding carboxylic acids is 2. The van der Waals surface area contributed by atoms with Crippen LogP contribution in [0, 0.1) is 23.1 Å². The third-order valence-electron chi connectivity index (χ3n) is 7.81. The van der Waals surface area contributed by atoms with Gasteiger partial charge in [-0.15, -0.1) is 0 Å². The molecule has 0 aromatic heterocycles. The van der Waals surface area contributed by atoms with E-state index in [9.17, 15) is 19.2 Å². The second kappa shape index (κ2) is 9.45. The molecule has 3 aromatic carbocycles. The summed E-state index contributed by atoms with van der Waals surface area (Å²) < 4.78 is 25.2. The highest BCUT2D eigenvalue weighted by molar-refractivity contribution is 6.00. The van der Waals surface area contributed by atoms with Crippen LogP contribution in [0.5, 0.6) is 0 Å². The molecule has 186 valence electrons. The number of halogens is 1. The Morgan fingerprint density at radius 2 is 1.59 bits per heavy atom. The average Bonchev–Trinajstić information content (AvgIpc) is 3.24. The lowest BCUT2D eigenvalue weighted by atomic mass is 9.80. The first kappa shape index (κ1) is 23.4. The quantitative estimate of drug-likeness (QED) is 0.458. The number of Topliss-reactive ketones (excluding diaryl/α,β-unsaturated/α-hetero) is 1. The maximum absolute atomic E-state index is 13.6. The molecule has 2 heterocycles. The van der Waals surface area contributed by atoms with Crippen molar-refractivity contribution < 1.29 is 23.5 Å². The lowest BCUT2D eigenvalue weighted by Gasteiger charge is -2.47. The molecule has 2 bridgehead atoms. The van der Waals surface area contributed by atoms with E-state index in [1.807, 2.05) is 30.3 Å². The molecular formula is C30H25FN2O4. The van der Waals surface area contributed by atoms with Gasteiger partial charge in [-0.1, -0.05) is 48.5 Å². The Labute approximate surface area is 214 Å². The number of rotatable bonds is 4. The molecule has 0 radical (unpaired) electrons. The Kier molecular flexibility index (Phi) is 5.97. The number of carbonyl (C=O) groups is 2. The van der Waals surface area contributed by atoms with Gasteiger partial charge in [-0.25, -0.2) is 9.18 Å². The minimum Gasteiger partial charge on any atom is -0.448 e. The third-order valence-corrected chi connectivity index (χ3v) is 7.81. The summed E-state index contributed by atoms with van der Waals surface area (Å²) in [6, 6.07) is 21.4. The fourth-order valence-electron chi connectivity index (χ4n) is 6.14. The fraction of sp³-hybridized carbons (Fsp3) is 0.300. The van der Waals surface area contributed by atoms with Crippen LogP contribution >= 0.6 is 0 Å². The number of hydrogen-bond donors (Lipinski definition) is 0. The van der Waals surface area contributed by atoms with E-state index in [1.54, 1.807) is 4.90 Å². The smallest absolute Gasteiger partial charge is 0.410 e. The first-order valence-electron chi connectivity index (χ1n) is 12.5. The molecule has 2 aliphatic heterocycles. The zero-order valence-electron chi connectivity index (χ0n) is 20.1. The van der Waals surface area contributed by atoms with Crippen LogP contribution in [-0.2, 0) is 9.47 Å². The number of ketones is 1. The lowest BCUT2D eigenvalue weighted by Crippen LogP contribution is -2.60. The normalized spacial score (nSPS) is 22.1. The van der Waals surface area contributed by atoms with E-state index in [2.05, 4.69) is 24.3 Å². The molecule has 0 N–H and O–H groups in total. The number of fused-ring (bicyclic) bond motifs is 5. The second-order valence-corrected chi connectivity index (χ2v) is 9.89. The minimum absolute atomic E-state index is 0.0328. The van der Waals surface area contributed by atoms with Gasteiger partial charge in [0.15, 0.2) is 5.78 Å². The first-order chi connectivity index (χ1) is 18.0. The molecule has 3 aliphatic rings. The van der Waals surface area contributed by atoms with Crippen molar-refractivity contribution in [2.75, 3.05) is 19.8 Å². The number of nitrogens with zero attached hydrogens (tertiary/aromatic N) is 2. The number of amides is 1. The van der Waals surface area contributed by atoms with Gasteiger partial charge < -0.3 is 9.47 Å². The zero-order valence-corrected chi connectivity index (χ0v) is 20.1. The van der Waals surface area contributed by atoms with Gasteiger partial charge in [-0.05, 0) is 53.3 Å². The molecule has 0 saturated carbocycles. The van der Waals surface area contributed by atoms with Crippen LogP contribution in [0.3, 0.4) is 0 Å². The number of ether oxygens (including phenoxy) is 2. The monoisotopic (exact) mass is 496 g/mol. The van der Waals surface area contributed by atoms with Gasteiger partial charge in [0.25, 0.3) is 0 Å². The van der Waals surface area contributed by atoms with Crippen LogP contribution < -0.4 is 0 Å². The van der Waals surface area contributed by atoms with Gasteiger partial charge in [-0.2, -0.15) is 5.26 Å². The van der Waals surface area contributed by atoms with Crippen LogP contribution in [-0.4, -0.2) is 48.7 Å². The summed E-state index contributed by atoms with van der Waals surface area (Å²) in [7, 11) is 0. The molecule has 2 unspecified atom stereocenters. The predicted molar refractivity (Wildman–Crippen MR) is 133 cm³/mol. The summed E-state index contributed by atoms with van der Waals surface area (Å²) in [6.07, 6.45) is 0.411. The molecule has 3 aromatic rings. The van der Waals surface area contributed by atoms with E-state index in [4.69, 9.17) is 9.47 Å². The van der Waals surface area contributed by atoms with E-state index < -0.39 is 11.9 Å². The molecule has 2 fully saturated rings. The molecular weight excluding hydrogens is 471 g/mol. The predicted octanol–water partition coefficient (Wildman–Crippen LogP) is 5.31. The summed E-state index contributed by atoms with van der Waals surface area (Å²) in [6.45, 7) is 0.866. The largest absolute Gasteiger partial charge is 0.448 e. The Morgan fingerprint density at radius 3 is 2.22 bits per heavy atom. The van der Waals surface area contributed by atoms with Crippen LogP contribution in [0.4, 0.5) is 9.18 Å². The maximum atomic E-state index is 13.6. The van der Waals surface area contributed by atoms with E-state index in [-0.39, 0.29) is 47.4 Å². The topological polar surface area (TPSA) is 79.6 Å². The van der Waals surface area contributed by atoms with Crippen molar-refractivity contribution in [3.8, 4) is 17.2 Å². The fourth-order valence-corrected chi connectivity index (χ4v) is 6.14. The second-order valence-electron chi connectivity index (χ2n) is 9.89. The van der Waals surface area contributed by atoms with Crippen LogP contribution in [0.15, 0.2) is 66.7 Å². The SMILES string of the molecule is N#Cc1cc(F)ccc1C(=O)C1CC2COCC(C1)N2C(=O)OCC1c2ccccc2-c2ccccc21. The summed E-state index contributed by atoms with van der Waals surface area (Å²) >= 11 is 0. The Bertz CT molecular complexity index is 1370. The Morgan fingerprint density at radius 1 is 0.973 bits per heavy atom. The third kappa shape index (κ3) is 4.08. The highest BCUT2D eigenvalue weighted by Gasteiger charge is 2.45. The first-order valence-corrected chi connectivity index (χ1v) is 12.5. The Hall–Kier alpha value is -4.02. The van der Waals surface area contributed by atoms with Gasteiger partial charge in [0, 0.05) is 17.4 Å². The minimum atomic E-state index is -0.552. The highest BCUT2D eigenvalue weighted by atomic mass is 19.1. The summed E-state index contributed by atoms with van der Waals surface area (Å²) in [5, 5.41) is 9.38. The van der Waals surface area contributed by atoms with Gasteiger partial charge in [0.05, 0.1) is 36.9 Å². The molecule has 1 amide bonds. The number of morpholine rings is 1. The van der Waals surface area contributed by atoms with Crippen molar-refractivity contribution >= 4 is 11.9 Å². The molecule has 0 spiro atoms. The van der Waals surface area contributed by atoms with Gasteiger partial charge in [0.1, 0.15) is 12.4 Å². The van der Waals surface area contributed by atoms with Crippen molar-refractivity contribution in [1.29, 1.82) is 5.26 Å². The van der Waals surface area contributed by atoms with E-state index in [1.165, 1.54) is 23.3 Å². The van der Waals surface area contributed by atoms with Crippen LogP contribution in [0.2, 0.25) is 0 Å². The van der Waals surface area contributed by atoms with E-state index >= 15 is 0 Å². The van der Waals surface area contributed by atoms with Crippen LogP contribution in [0.1, 0.15) is 45.8 Å². The molecule has 1 aliphatic carbocycles. The zero-order chi connectivity index (χ0) is 25.5. The van der Waals surface area contributed by atoms with Gasteiger partial charge in [-0.3, -0.25) is 9.69 Å².